The number of rotatable bonds is 6. The fourth-order valence-electron chi connectivity index (χ4n) is 2.26. The van der Waals surface area contributed by atoms with E-state index in [2.05, 4.69) is 43.6 Å². The summed E-state index contributed by atoms with van der Waals surface area (Å²) in [7, 11) is 4.02. The summed E-state index contributed by atoms with van der Waals surface area (Å²) in [5.41, 5.74) is 3.48. The lowest BCUT2D eigenvalue weighted by Gasteiger charge is -2.15. The number of nitrogens with one attached hydrogen (secondary N) is 1. The molecule has 0 spiro atoms. The lowest BCUT2D eigenvalue weighted by molar-refractivity contribution is 0.531. The van der Waals surface area contributed by atoms with Crippen LogP contribution in [0.4, 0.5) is 0 Å². The lowest BCUT2D eigenvalue weighted by atomic mass is 10.1. The van der Waals surface area contributed by atoms with Gasteiger partial charge >= 0.3 is 0 Å². The van der Waals surface area contributed by atoms with Gasteiger partial charge in [0.25, 0.3) is 0 Å². The standard InChI is InChI=1S/C14H21BrN4S/c1-5-11-14(15)12(19(4)18-11)6-10(16-3)7-13-17-9(2)8-20-13/h8,10,16H,5-7H2,1-4H3. The van der Waals surface area contributed by atoms with Gasteiger partial charge in [-0.1, -0.05) is 6.92 Å². The first-order chi connectivity index (χ1) is 9.55. The molecule has 0 radical (unpaired) electrons. The zero-order valence-corrected chi connectivity index (χ0v) is 14.8. The van der Waals surface area contributed by atoms with Crippen molar-refractivity contribution < 1.29 is 0 Å². The first-order valence-electron chi connectivity index (χ1n) is 6.83. The van der Waals surface area contributed by atoms with Crippen LogP contribution in [0.1, 0.15) is 29.0 Å². The molecule has 2 aromatic heterocycles. The number of thiazole rings is 1. The van der Waals surface area contributed by atoms with Gasteiger partial charge in [0.2, 0.25) is 0 Å². The van der Waals surface area contributed by atoms with E-state index in [1.165, 1.54) is 10.7 Å². The Bertz CT molecular complexity index is 576. The topological polar surface area (TPSA) is 42.7 Å². The smallest absolute Gasteiger partial charge is 0.0943 e. The van der Waals surface area contributed by atoms with Gasteiger partial charge in [-0.05, 0) is 36.3 Å². The van der Waals surface area contributed by atoms with Crippen molar-refractivity contribution in [3.05, 3.63) is 31.9 Å². The van der Waals surface area contributed by atoms with Crippen molar-refractivity contribution in [2.24, 2.45) is 7.05 Å². The molecular weight excluding hydrogens is 336 g/mol. The summed E-state index contributed by atoms with van der Waals surface area (Å²) >= 11 is 5.42. The van der Waals surface area contributed by atoms with E-state index >= 15 is 0 Å². The molecular formula is C14H21BrN4S. The summed E-state index contributed by atoms with van der Waals surface area (Å²) in [5.74, 6) is 0. The maximum atomic E-state index is 4.56. The Morgan fingerprint density at radius 1 is 1.45 bits per heavy atom. The Morgan fingerprint density at radius 3 is 2.70 bits per heavy atom. The SMILES string of the molecule is CCc1nn(C)c(CC(Cc2nc(C)cs2)NC)c1Br. The number of nitrogens with zero attached hydrogens (tertiary/aromatic N) is 3. The fraction of sp³-hybridized carbons (Fsp3) is 0.571. The third-order valence-electron chi connectivity index (χ3n) is 3.44. The molecule has 4 nitrogen and oxygen atoms in total. The largest absolute Gasteiger partial charge is 0.316 e. The van der Waals surface area contributed by atoms with Gasteiger partial charge in [-0.15, -0.1) is 11.3 Å². The molecule has 0 fully saturated rings. The van der Waals surface area contributed by atoms with Gasteiger partial charge in [0, 0.05) is 37.0 Å². The second-order valence-electron chi connectivity index (χ2n) is 4.96. The molecule has 0 saturated carbocycles. The highest BCUT2D eigenvalue weighted by atomic mass is 79.9. The molecule has 1 N–H and O–H groups in total. The van der Waals surface area contributed by atoms with Crippen molar-refractivity contribution in [3.8, 4) is 0 Å². The van der Waals surface area contributed by atoms with E-state index in [1.54, 1.807) is 11.3 Å². The van der Waals surface area contributed by atoms with Crippen molar-refractivity contribution in [2.75, 3.05) is 7.05 Å². The van der Waals surface area contributed by atoms with Crippen LogP contribution in [0.2, 0.25) is 0 Å². The molecule has 0 saturated heterocycles. The zero-order valence-electron chi connectivity index (χ0n) is 12.4. The quantitative estimate of drug-likeness (QED) is 0.865. The molecule has 2 aromatic rings. The molecule has 0 bridgehead atoms. The number of hydrogen-bond acceptors (Lipinski definition) is 4. The molecule has 20 heavy (non-hydrogen) atoms. The van der Waals surface area contributed by atoms with Crippen LogP contribution in [0.3, 0.4) is 0 Å². The van der Waals surface area contributed by atoms with Gasteiger partial charge in [-0.3, -0.25) is 4.68 Å². The minimum Gasteiger partial charge on any atom is -0.316 e. The van der Waals surface area contributed by atoms with Gasteiger partial charge in [-0.25, -0.2) is 4.98 Å². The molecule has 1 atom stereocenters. The first-order valence-corrected chi connectivity index (χ1v) is 8.50. The summed E-state index contributed by atoms with van der Waals surface area (Å²) in [5, 5.41) is 11.2. The highest BCUT2D eigenvalue weighted by molar-refractivity contribution is 9.10. The monoisotopic (exact) mass is 356 g/mol. The second-order valence-corrected chi connectivity index (χ2v) is 6.70. The minimum atomic E-state index is 0.372. The molecule has 6 heteroatoms. The van der Waals surface area contributed by atoms with Crippen molar-refractivity contribution in [1.82, 2.24) is 20.1 Å². The first kappa shape index (κ1) is 15.7. The van der Waals surface area contributed by atoms with Crippen LogP contribution in [-0.4, -0.2) is 27.9 Å². The number of aromatic nitrogens is 3. The predicted molar refractivity (Wildman–Crippen MR) is 87.4 cm³/mol. The highest BCUT2D eigenvalue weighted by Crippen LogP contribution is 2.23. The average molecular weight is 357 g/mol. The van der Waals surface area contributed by atoms with E-state index in [-0.39, 0.29) is 0 Å². The third kappa shape index (κ3) is 3.48. The predicted octanol–water partition coefficient (Wildman–Crippen LogP) is 2.88. The Hall–Kier alpha value is -0.720. The minimum absolute atomic E-state index is 0.372. The van der Waals surface area contributed by atoms with Crippen LogP contribution in [0.25, 0.3) is 0 Å². The lowest BCUT2D eigenvalue weighted by Crippen LogP contribution is -2.30. The Kier molecular flexibility index (Phi) is 5.35. The van der Waals surface area contributed by atoms with Crippen LogP contribution >= 0.6 is 27.3 Å². The molecule has 110 valence electrons. The molecule has 0 aliphatic rings. The molecule has 0 aliphatic carbocycles. The zero-order chi connectivity index (χ0) is 14.7. The normalized spacial score (nSPS) is 12.8. The Balaban J connectivity index is 2.12. The molecule has 1 unspecified atom stereocenters. The van der Waals surface area contributed by atoms with Crippen molar-refractivity contribution in [3.63, 3.8) is 0 Å². The van der Waals surface area contributed by atoms with Gasteiger partial charge in [0.15, 0.2) is 0 Å². The molecule has 0 aliphatic heterocycles. The van der Waals surface area contributed by atoms with Gasteiger partial charge in [0.05, 0.1) is 20.9 Å². The summed E-state index contributed by atoms with van der Waals surface area (Å²) in [6.45, 7) is 4.17. The van der Waals surface area contributed by atoms with Crippen LogP contribution < -0.4 is 5.32 Å². The van der Waals surface area contributed by atoms with Crippen molar-refractivity contribution >= 4 is 27.3 Å². The number of likely N-dealkylation sites (N-methyl/N-ethyl adjacent to an activating group) is 1. The average Bonchev–Trinajstić information content (AvgIpc) is 2.95. The summed E-state index contributed by atoms with van der Waals surface area (Å²) in [6.07, 6.45) is 2.84. The van der Waals surface area contributed by atoms with Crippen molar-refractivity contribution in [1.29, 1.82) is 0 Å². The van der Waals surface area contributed by atoms with Gasteiger partial charge in [0.1, 0.15) is 0 Å². The van der Waals surface area contributed by atoms with Crippen LogP contribution in [0.15, 0.2) is 9.85 Å². The van der Waals surface area contributed by atoms with Gasteiger partial charge in [-0.2, -0.15) is 5.10 Å². The molecule has 2 rings (SSSR count). The number of halogens is 1. The fourth-order valence-corrected chi connectivity index (χ4v) is 3.89. The van der Waals surface area contributed by atoms with Crippen molar-refractivity contribution in [2.45, 2.75) is 39.2 Å². The molecule has 0 amide bonds. The van der Waals surface area contributed by atoms with Crippen LogP contribution in [0, 0.1) is 6.92 Å². The molecule has 0 aromatic carbocycles. The van der Waals surface area contributed by atoms with E-state index in [9.17, 15) is 0 Å². The number of hydrogen-bond donors (Lipinski definition) is 1. The highest BCUT2D eigenvalue weighted by Gasteiger charge is 2.18. The summed E-state index contributed by atoms with van der Waals surface area (Å²) < 4.78 is 3.14. The van der Waals surface area contributed by atoms with E-state index in [0.29, 0.717) is 6.04 Å². The maximum absolute atomic E-state index is 4.56. The third-order valence-corrected chi connectivity index (χ3v) is 5.34. The van der Waals surface area contributed by atoms with E-state index in [1.807, 2.05) is 25.7 Å². The van der Waals surface area contributed by atoms with E-state index in [0.717, 1.165) is 35.1 Å². The van der Waals surface area contributed by atoms with E-state index < -0.39 is 0 Å². The van der Waals surface area contributed by atoms with Crippen LogP contribution in [-0.2, 0) is 26.3 Å². The molecule has 2 heterocycles. The number of aryl methyl sites for hydroxylation is 3. The van der Waals surface area contributed by atoms with Gasteiger partial charge < -0.3 is 5.32 Å². The Morgan fingerprint density at radius 2 is 2.20 bits per heavy atom. The Labute approximate surface area is 132 Å². The maximum Gasteiger partial charge on any atom is 0.0943 e. The van der Waals surface area contributed by atoms with E-state index in [4.69, 9.17) is 0 Å². The summed E-state index contributed by atoms with van der Waals surface area (Å²) in [6, 6.07) is 0.372. The van der Waals surface area contributed by atoms with Crippen LogP contribution in [0.5, 0.6) is 0 Å². The summed E-state index contributed by atoms with van der Waals surface area (Å²) in [4.78, 5) is 4.55. The second kappa shape index (κ2) is 6.83.